The van der Waals surface area contributed by atoms with Gasteiger partial charge in [0.2, 0.25) is 0 Å². The molecule has 4 nitrogen and oxygen atoms in total. The molecule has 0 unspecified atom stereocenters. The van der Waals surface area contributed by atoms with Gasteiger partial charge in [0.25, 0.3) is 5.91 Å². The van der Waals surface area contributed by atoms with Crippen molar-refractivity contribution in [1.82, 2.24) is 15.5 Å². The largest absolute Gasteiger partial charge is 0.352 e. The van der Waals surface area contributed by atoms with Crippen LogP contribution < -0.4 is 10.6 Å². The second-order valence-electron chi connectivity index (χ2n) is 5.65. The Morgan fingerprint density at radius 2 is 1.95 bits per heavy atom. The number of carbonyl (C=O) groups is 1. The Bertz CT molecular complexity index is 424. The van der Waals surface area contributed by atoms with E-state index in [1.165, 1.54) is 5.56 Å². The molecule has 1 heterocycles. The number of hydrogen-bond donors (Lipinski definition) is 2. The lowest BCUT2D eigenvalue weighted by atomic mass is 10.1. The van der Waals surface area contributed by atoms with Gasteiger partial charge in [-0.3, -0.25) is 4.79 Å². The van der Waals surface area contributed by atoms with E-state index in [9.17, 15) is 4.79 Å². The van der Waals surface area contributed by atoms with Gasteiger partial charge in [0.05, 0.1) is 0 Å². The normalized spacial score (nSPS) is 15.9. The van der Waals surface area contributed by atoms with Crippen LogP contribution in [0.15, 0.2) is 24.3 Å². The molecule has 1 aromatic carbocycles. The van der Waals surface area contributed by atoms with Crippen molar-refractivity contribution in [2.45, 2.75) is 26.2 Å². The average molecular weight is 289 g/mol. The van der Waals surface area contributed by atoms with E-state index in [0.717, 1.165) is 64.1 Å². The summed E-state index contributed by atoms with van der Waals surface area (Å²) >= 11 is 0. The molecule has 0 spiro atoms. The molecule has 0 aromatic heterocycles. The van der Waals surface area contributed by atoms with Gasteiger partial charge in [-0.2, -0.15) is 0 Å². The SMILES string of the molecule is CCCc1ccc(C(=O)NCCCN2CCNCC2)cc1. The van der Waals surface area contributed by atoms with Gasteiger partial charge in [0.1, 0.15) is 0 Å². The van der Waals surface area contributed by atoms with Crippen LogP contribution in [-0.4, -0.2) is 50.1 Å². The van der Waals surface area contributed by atoms with Gasteiger partial charge in [-0.05, 0) is 37.1 Å². The minimum Gasteiger partial charge on any atom is -0.352 e. The van der Waals surface area contributed by atoms with E-state index >= 15 is 0 Å². The molecule has 21 heavy (non-hydrogen) atoms. The fourth-order valence-electron chi connectivity index (χ4n) is 2.65. The Balaban J connectivity index is 1.66. The summed E-state index contributed by atoms with van der Waals surface area (Å²) in [5.41, 5.74) is 2.06. The molecule has 2 N–H and O–H groups in total. The maximum atomic E-state index is 12.0. The number of carbonyl (C=O) groups excluding carboxylic acids is 1. The van der Waals surface area contributed by atoms with Crippen LogP contribution in [-0.2, 0) is 6.42 Å². The van der Waals surface area contributed by atoms with Gasteiger partial charge in [-0.15, -0.1) is 0 Å². The zero-order valence-corrected chi connectivity index (χ0v) is 13.0. The van der Waals surface area contributed by atoms with Crippen LogP contribution >= 0.6 is 0 Å². The summed E-state index contributed by atoms with van der Waals surface area (Å²) in [6.45, 7) is 8.38. The van der Waals surface area contributed by atoms with E-state index in [1.807, 2.05) is 12.1 Å². The van der Waals surface area contributed by atoms with Gasteiger partial charge in [-0.1, -0.05) is 25.5 Å². The van der Waals surface area contributed by atoms with Crippen molar-refractivity contribution in [3.05, 3.63) is 35.4 Å². The second-order valence-corrected chi connectivity index (χ2v) is 5.65. The Morgan fingerprint density at radius 3 is 2.62 bits per heavy atom. The maximum absolute atomic E-state index is 12.0. The van der Waals surface area contributed by atoms with E-state index in [4.69, 9.17) is 0 Å². The molecule has 0 aliphatic carbocycles. The van der Waals surface area contributed by atoms with E-state index in [-0.39, 0.29) is 5.91 Å². The van der Waals surface area contributed by atoms with Crippen LogP contribution in [0.25, 0.3) is 0 Å². The summed E-state index contributed by atoms with van der Waals surface area (Å²) in [6.07, 6.45) is 3.23. The number of rotatable bonds is 7. The molecule has 1 aliphatic rings. The Morgan fingerprint density at radius 1 is 1.24 bits per heavy atom. The highest BCUT2D eigenvalue weighted by atomic mass is 16.1. The molecule has 1 aromatic rings. The van der Waals surface area contributed by atoms with Crippen molar-refractivity contribution in [2.75, 3.05) is 39.3 Å². The highest BCUT2D eigenvalue weighted by Crippen LogP contribution is 2.06. The molecule has 1 amide bonds. The number of piperazine rings is 1. The van der Waals surface area contributed by atoms with E-state index in [1.54, 1.807) is 0 Å². The highest BCUT2D eigenvalue weighted by Gasteiger charge is 2.09. The van der Waals surface area contributed by atoms with Crippen molar-refractivity contribution in [1.29, 1.82) is 0 Å². The van der Waals surface area contributed by atoms with Crippen LogP contribution in [0.1, 0.15) is 35.7 Å². The summed E-state index contributed by atoms with van der Waals surface area (Å²) in [6, 6.07) is 7.96. The number of aryl methyl sites for hydroxylation is 1. The first kappa shape index (κ1) is 16.0. The Hall–Kier alpha value is -1.39. The van der Waals surface area contributed by atoms with Crippen molar-refractivity contribution in [2.24, 2.45) is 0 Å². The third-order valence-corrected chi connectivity index (χ3v) is 3.90. The standard InChI is InChI=1S/C17H27N3O/c1-2-4-15-5-7-16(8-6-15)17(21)19-9-3-12-20-13-10-18-11-14-20/h5-8,18H,2-4,9-14H2,1H3,(H,19,21). The van der Waals surface area contributed by atoms with Gasteiger partial charge < -0.3 is 15.5 Å². The number of benzene rings is 1. The molecule has 0 atom stereocenters. The number of amides is 1. The average Bonchev–Trinajstić information content (AvgIpc) is 2.53. The molecular weight excluding hydrogens is 262 g/mol. The van der Waals surface area contributed by atoms with E-state index in [2.05, 4.69) is 34.6 Å². The topological polar surface area (TPSA) is 44.4 Å². The zero-order chi connectivity index (χ0) is 14.9. The minimum absolute atomic E-state index is 0.0401. The van der Waals surface area contributed by atoms with Crippen LogP contribution in [0, 0.1) is 0 Å². The zero-order valence-electron chi connectivity index (χ0n) is 13.0. The van der Waals surface area contributed by atoms with Crippen LogP contribution in [0.4, 0.5) is 0 Å². The first-order valence-electron chi connectivity index (χ1n) is 8.10. The van der Waals surface area contributed by atoms with Gasteiger partial charge in [0, 0.05) is 38.3 Å². The summed E-state index contributed by atoms with van der Waals surface area (Å²) in [7, 11) is 0. The second kappa shape index (κ2) is 8.80. The molecular formula is C17H27N3O. The number of hydrogen-bond acceptors (Lipinski definition) is 3. The third kappa shape index (κ3) is 5.48. The van der Waals surface area contributed by atoms with Gasteiger partial charge >= 0.3 is 0 Å². The smallest absolute Gasteiger partial charge is 0.251 e. The maximum Gasteiger partial charge on any atom is 0.251 e. The van der Waals surface area contributed by atoms with E-state index in [0.29, 0.717) is 0 Å². The molecule has 0 saturated carbocycles. The number of nitrogens with one attached hydrogen (secondary N) is 2. The van der Waals surface area contributed by atoms with Crippen LogP contribution in [0.2, 0.25) is 0 Å². The van der Waals surface area contributed by atoms with Crippen LogP contribution in [0.3, 0.4) is 0 Å². The monoisotopic (exact) mass is 289 g/mol. The lowest BCUT2D eigenvalue weighted by molar-refractivity contribution is 0.0951. The summed E-state index contributed by atoms with van der Waals surface area (Å²) in [5.74, 6) is 0.0401. The summed E-state index contributed by atoms with van der Waals surface area (Å²) < 4.78 is 0. The Labute approximate surface area is 127 Å². The first-order valence-corrected chi connectivity index (χ1v) is 8.10. The lowest BCUT2D eigenvalue weighted by Crippen LogP contribution is -2.44. The molecule has 0 radical (unpaired) electrons. The van der Waals surface area contributed by atoms with Crippen molar-refractivity contribution in [3.8, 4) is 0 Å². The van der Waals surface area contributed by atoms with Crippen molar-refractivity contribution < 1.29 is 4.79 Å². The molecule has 0 bridgehead atoms. The minimum atomic E-state index is 0.0401. The molecule has 1 saturated heterocycles. The predicted octanol–water partition coefficient (Wildman–Crippen LogP) is 1.66. The molecule has 2 rings (SSSR count). The van der Waals surface area contributed by atoms with Crippen molar-refractivity contribution in [3.63, 3.8) is 0 Å². The molecule has 1 fully saturated rings. The molecule has 1 aliphatic heterocycles. The number of nitrogens with zero attached hydrogens (tertiary/aromatic N) is 1. The quantitative estimate of drug-likeness (QED) is 0.751. The van der Waals surface area contributed by atoms with Crippen LogP contribution in [0.5, 0.6) is 0 Å². The third-order valence-electron chi connectivity index (χ3n) is 3.90. The Kier molecular flexibility index (Phi) is 6.70. The molecule has 116 valence electrons. The fraction of sp³-hybridized carbons (Fsp3) is 0.588. The summed E-state index contributed by atoms with van der Waals surface area (Å²) in [5, 5.41) is 6.36. The first-order chi connectivity index (χ1) is 10.3. The fourth-order valence-corrected chi connectivity index (χ4v) is 2.65. The summed E-state index contributed by atoms with van der Waals surface area (Å²) in [4.78, 5) is 14.5. The predicted molar refractivity (Wildman–Crippen MR) is 86.7 cm³/mol. The highest BCUT2D eigenvalue weighted by molar-refractivity contribution is 5.94. The van der Waals surface area contributed by atoms with Crippen molar-refractivity contribution >= 4 is 5.91 Å². The van der Waals surface area contributed by atoms with E-state index < -0.39 is 0 Å². The molecule has 4 heteroatoms. The van der Waals surface area contributed by atoms with Gasteiger partial charge in [0.15, 0.2) is 0 Å². The lowest BCUT2D eigenvalue weighted by Gasteiger charge is -2.27. The van der Waals surface area contributed by atoms with Gasteiger partial charge in [-0.25, -0.2) is 0 Å².